The predicted octanol–water partition coefficient (Wildman–Crippen LogP) is 3.19. The van der Waals surface area contributed by atoms with E-state index in [0.717, 1.165) is 36.9 Å². The van der Waals surface area contributed by atoms with Gasteiger partial charge in [0.25, 0.3) is 0 Å². The second-order valence-electron chi connectivity index (χ2n) is 6.83. The zero-order valence-electron chi connectivity index (χ0n) is 15.0. The van der Waals surface area contributed by atoms with Gasteiger partial charge in [-0.1, -0.05) is 30.7 Å². The highest BCUT2D eigenvalue weighted by molar-refractivity contribution is 5.87. The SMILES string of the molecule is O=C(O)c1ccc(CNC(=O)[C@@H]2CCCCN2Cc2ccc(F)cc2)cc1. The van der Waals surface area contributed by atoms with Crippen LogP contribution in [0.2, 0.25) is 0 Å². The standard InChI is InChI=1S/C21H23FN2O3/c22-18-10-6-16(7-11-18)14-24-12-2-1-3-19(24)20(25)23-13-15-4-8-17(9-5-15)21(26)27/h4-11,19H,1-3,12-14H2,(H,23,25)(H,26,27)/t19-/m0/s1. The van der Waals surface area contributed by atoms with Crippen LogP contribution in [0.3, 0.4) is 0 Å². The van der Waals surface area contributed by atoms with E-state index in [0.29, 0.717) is 13.1 Å². The van der Waals surface area contributed by atoms with Gasteiger partial charge in [-0.25, -0.2) is 9.18 Å². The van der Waals surface area contributed by atoms with Crippen LogP contribution in [0.4, 0.5) is 4.39 Å². The van der Waals surface area contributed by atoms with Gasteiger partial charge in [0.2, 0.25) is 5.91 Å². The number of carbonyl (C=O) groups excluding carboxylic acids is 1. The third-order valence-corrected chi connectivity index (χ3v) is 4.88. The number of nitrogens with zero attached hydrogens (tertiary/aromatic N) is 1. The molecule has 1 aliphatic heterocycles. The molecule has 6 heteroatoms. The molecule has 0 aromatic heterocycles. The number of piperidine rings is 1. The van der Waals surface area contributed by atoms with Gasteiger partial charge in [-0.2, -0.15) is 0 Å². The molecule has 2 N–H and O–H groups in total. The average Bonchev–Trinajstić information content (AvgIpc) is 2.68. The molecule has 1 amide bonds. The molecule has 0 radical (unpaired) electrons. The maximum atomic E-state index is 13.1. The van der Waals surface area contributed by atoms with Crippen molar-refractivity contribution in [3.63, 3.8) is 0 Å². The van der Waals surface area contributed by atoms with E-state index in [2.05, 4.69) is 10.2 Å². The highest BCUT2D eigenvalue weighted by Crippen LogP contribution is 2.20. The van der Waals surface area contributed by atoms with Crippen molar-refractivity contribution in [2.45, 2.75) is 38.4 Å². The van der Waals surface area contributed by atoms with E-state index in [4.69, 9.17) is 5.11 Å². The fraction of sp³-hybridized carbons (Fsp3) is 0.333. The highest BCUT2D eigenvalue weighted by Gasteiger charge is 2.28. The summed E-state index contributed by atoms with van der Waals surface area (Å²) in [5, 5.41) is 11.9. The normalized spacial score (nSPS) is 17.4. The van der Waals surface area contributed by atoms with Crippen LogP contribution < -0.4 is 5.32 Å². The second-order valence-corrected chi connectivity index (χ2v) is 6.83. The van der Waals surface area contributed by atoms with Crippen molar-refractivity contribution in [1.82, 2.24) is 10.2 Å². The summed E-state index contributed by atoms with van der Waals surface area (Å²) in [4.78, 5) is 25.7. The molecular formula is C21H23FN2O3. The van der Waals surface area contributed by atoms with Crippen LogP contribution in [0.25, 0.3) is 0 Å². The summed E-state index contributed by atoms with van der Waals surface area (Å²) in [6.45, 7) is 1.81. The third-order valence-electron chi connectivity index (χ3n) is 4.88. The van der Waals surface area contributed by atoms with Crippen molar-refractivity contribution in [2.24, 2.45) is 0 Å². The first-order chi connectivity index (χ1) is 13.0. The molecule has 3 rings (SSSR count). The average molecular weight is 370 g/mol. The lowest BCUT2D eigenvalue weighted by Crippen LogP contribution is -2.48. The van der Waals surface area contributed by atoms with Crippen molar-refractivity contribution in [3.05, 3.63) is 71.0 Å². The van der Waals surface area contributed by atoms with Crippen LogP contribution in [0.5, 0.6) is 0 Å². The van der Waals surface area contributed by atoms with Gasteiger partial charge in [-0.3, -0.25) is 9.69 Å². The summed E-state index contributed by atoms with van der Waals surface area (Å²) >= 11 is 0. The van der Waals surface area contributed by atoms with E-state index in [-0.39, 0.29) is 23.3 Å². The Morgan fingerprint density at radius 2 is 1.70 bits per heavy atom. The zero-order valence-corrected chi connectivity index (χ0v) is 15.0. The fourth-order valence-electron chi connectivity index (χ4n) is 3.37. The maximum absolute atomic E-state index is 13.1. The molecule has 0 saturated carbocycles. The van der Waals surface area contributed by atoms with Crippen molar-refractivity contribution in [2.75, 3.05) is 6.54 Å². The Balaban J connectivity index is 1.59. The number of nitrogens with one attached hydrogen (secondary N) is 1. The number of benzene rings is 2. The smallest absolute Gasteiger partial charge is 0.335 e. The van der Waals surface area contributed by atoms with Crippen LogP contribution in [-0.2, 0) is 17.9 Å². The van der Waals surface area contributed by atoms with Crippen LogP contribution in [-0.4, -0.2) is 34.5 Å². The van der Waals surface area contributed by atoms with Crippen LogP contribution in [0.15, 0.2) is 48.5 Å². The Kier molecular flexibility index (Phi) is 6.19. The largest absolute Gasteiger partial charge is 0.478 e. The second kappa shape index (κ2) is 8.77. The minimum absolute atomic E-state index is 0.0286. The molecule has 0 unspecified atom stereocenters. The summed E-state index contributed by atoms with van der Waals surface area (Å²) in [5.74, 6) is -1.26. The summed E-state index contributed by atoms with van der Waals surface area (Å²) < 4.78 is 13.1. The number of carbonyl (C=O) groups is 2. The van der Waals surface area contributed by atoms with E-state index in [1.165, 1.54) is 24.3 Å². The number of rotatable bonds is 6. The lowest BCUT2D eigenvalue weighted by atomic mass is 10.00. The maximum Gasteiger partial charge on any atom is 0.335 e. The van der Waals surface area contributed by atoms with Crippen LogP contribution in [0, 0.1) is 5.82 Å². The number of halogens is 1. The van der Waals surface area contributed by atoms with Gasteiger partial charge in [-0.05, 0) is 54.8 Å². The van der Waals surface area contributed by atoms with Gasteiger partial charge in [0.1, 0.15) is 5.82 Å². The molecule has 1 heterocycles. The summed E-state index contributed by atoms with van der Waals surface area (Å²) in [5.41, 5.74) is 2.07. The molecule has 1 aliphatic rings. The summed E-state index contributed by atoms with van der Waals surface area (Å²) in [7, 11) is 0. The van der Waals surface area contributed by atoms with Crippen molar-refractivity contribution in [3.8, 4) is 0 Å². The third kappa shape index (κ3) is 5.14. The molecule has 1 saturated heterocycles. The minimum Gasteiger partial charge on any atom is -0.478 e. The Labute approximate surface area is 157 Å². The van der Waals surface area contributed by atoms with Gasteiger partial charge < -0.3 is 10.4 Å². The van der Waals surface area contributed by atoms with Gasteiger partial charge in [0, 0.05) is 13.1 Å². The number of hydrogen-bond acceptors (Lipinski definition) is 3. The van der Waals surface area contributed by atoms with Crippen molar-refractivity contribution >= 4 is 11.9 Å². The van der Waals surface area contributed by atoms with E-state index >= 15 is 0 Å². The molecule has 27 heavy (non-hydrogen) atoms. The monoisotopic (exact) mass is 370 g/mol. The number of carboxylic acids is 1. The van der Waals surface area contributed by atoms with Crippen molar-refractivity contribution < 1.29 is 19.1 Å². The van der Waals surface area contributed by atoms with E-state index < -0.39 is 5.97 Å². The lowest BCUT2D eigenvalue weighted by molar-refractivity contribution is -0.128. The quantitative estimate of drug-likeness (QED) is 0.819. The molecule has 142 valence electrons. The molecule has 0 aliphatic carbocycles. The Bertz CT molecular complexity index is 790. The molecular weight excluding hydrogens is 347 g/mol. The number of amides is 1. The van der Waals surface area contributed by atoms with E-state index in [1.54, 1.807) is 24.3 Å². The number of hydrogen-bond donors (Lipinski definition) is 2. The van der Waals surface area contributed by atoms with Gasteiger partial charge >= 0.3 is 5.97 Å². The Hall–Kier alpha value is -2.73. The molecule has 1 atom stereocenters. The minimum atomic E-state index is -0.968. The van der Waals surface area contributed by atoms with Crippen LogP contribution >= 0.6 is 0 Å². The van der Waals surface area contributed by atoms with Gasteiger partial charge in [-0.15, -0.1) is 0 Å². The number of likely N-dealkylation sites (tertiary alicyclic amines) is 1. The first-order valence-corrected chi connectivity index (χ1v) is 9.11. The van der Waals surface area contributed by atoms with Gasteiger partial charge in [0.15, 0.2) is 0 Å². The summed E-state index contributed by atoms with van der Waals surface area (Å²) in [6.07, 6.45) is 2.85. The number of carboxylic acid groups (broad SMARTS) is 1. The first kappa shape index (κ1) is 19.0. The molecule has 2 aromatic rings. The van der Waals surface area contributed by atoms with Gasteiger partial charge in [0.05, 0.1) is 11.6 Å². The highest BCUT2D eigenvalue weighted by atomic mass is 19.1. The molecule has 2 aromatic carbocycles. The zero-order chi connectivity index (χ0) is 19.2. The Morgan fingerprint density at radius 3 is 2.37 bits per heavy atom. The predicted molar refractivity (Wildman–Crippen MR) is 99.7 cm³/mol. The lowest BCUT2D eigenvalue weighted by Gasteiger charge is -2.34. The van der Waals surface area contributed by atoms with Crippen molar-refractivity contribution in [1.29, 1.82) is 0 Å². The van der Waals surface area contributed by atoms with E-state index in [1.807, 2.05) is 0 Å². The molecule has 0 bridgehead atoms. The Morgan fingerprint density at radius 1 is 1.04 bits per heavy atom. The molecule has 5 nitrogen and oxygen atoms in total. The first-order valence-electron chi connectivity index (χ1n) is 9.11. The molecule has 1 fully saturated rings. The number of aromatic carboxylic acids is 1. The summed E-state index contributed by atoms with van der Waals surface area (Å²) in [6, 6.07) is 12.7. The fourth-order valence-corrected chi connectivity index (χ4v) is 3.37. The van der Waals surface area contributed by atoms with E-state index in [9.17, 15) is 14.0 Å². The van der Waals surface area contributed by atoms with Crippen LogP contribution in [0.1, 0.15) is 40.7 Å². The molecule has 0 spiro atoms. The topological polar surface area (TPSA) is 69.6 Å².